The summed E-state index contributed by atoms with van der Waals surface area (Å²) in [6, 6.07) is 4.94. The Hall–Kier alpha value is -2.74. The van der Waals surface area contributed by atoms with Gasteiger partial charge in [-0.05, 0) is 38.0 Å². The summed E-state index contributed by atoms with van der Waals surface area (Å²) in [7, 11) is -3.31. The van der Waals surface area contributed by atoms with Crippen LogP contribution in [0.3, 0.4) is 0 Å². The lowest BCUT2D eigenvalue weighted by Crippen LogP contribution is -2.43. The van der Waals surface area contributed by atoms with Crippen molar-refractivity contribution in [3.8, 4) is 0 Å². The van der Waals surface area contributed by atoms with Gasteiger partial charge < -0.3 is 9.80 Å². The molecule has 0 bridgehead atoms. The van der Waals surface area contributed by atoms with Crippen LogP contribution in [0.4, 0.5) is 5.95 Å². The zero-order chi connectivity index (χ0) is 21.9. The van der Waals surface area contributed by atoms with Crippen molar-refractivity contribution < 1.29 is 13.2 Å². The van der Waals surface area contributed by atoms with E-state index in [1.807, 2.05) is 6.92 Å². The molecule has 0 aliphatic carbocycles. The number of carbonyl (C=O) groups excluding carboxylic acids is 1. The lowest BCUT2D eigenvalue weighted by atomic mass is 9.95. The highest BCUT2D eigenvalue weighted by molar-refractivity contribution is 7.90. The van der Waals surface area contributed by atoms with Gasteiger partial charge in [-0.3, -0.25) is 4.79 Å². The predicted molar refractivity (Wildman–Crippen MR) is 119 cm³/mol. The van der Waals surface area contributed by atoms with Crippen LogP contribution in [0.25, 0.3) is 10.9 Å². The number of hydrogen-bond acceptors (Lipinski definition) is 6. The fourth-order valence-electron chi connectivity index (χ4n) is 3.78. The lowest BCUT2D eigenvalue weighted by Gasteiger charge is -2.34. The Labute approximate surface area is 178 Å². The molecule has 8 heteroatoms. The maximum absolute atomic E-state index is 12.8. The molecule has 160 valence electrons. The molecule has 0 saturated carbocycles. The number of carbonyl (C=O) groups is 1. The van der Waals surface area contributed by atoms with E-state index in [1.165, 1.54) is 6.26 Å². The topological polar surface area (TPSA) is 83.5 Å². The molecule has 7 nitrogen and oxygen atoms in total. The van der Waals surface area contributed by atoms with Crippen LogP contribution in [0, 0.1) is 12.8 Å². The molecule has 2 aromatic rings. The Bertz CT molecular complexity index is 1060. The minimum absolute atomic E-state index is 0.0421. The maximum atomic E-state index is 12.8. The summed E-state index contributed by atoms with van der Waals surface area (Å²) in [6.45, 7) is 11.7. The highest BCUT2D eigenvalue weighted by Crippen LogP contribution is 2.26. The van der Waals surface area contributed by atoms with Crippen molar-refractivity contribution in [1.29, 1.82) is 0 Å². The molecule has 1 saturated heterocycles. The molecule has 0 spiro atoms. The van der Waals surface area contributed by atoms with Crippen LogP contribution >= 0.6 is 0 Å². The van der Waals surface area contributed by atoms with E-state index in [4.69, 9.17) is 0 Å². The molecular formula is C22H28N4O3S. The van der Waals surface area contributed by atoms with Gasteiger partial charge in [0, 0.05) is 43.7 Å². The lowest BCUT2D eigenvalue weighted by molar-refractivity contribution is -0.135. The zero-order valence-electron chi connectivity index (χ0n) is 17.5. The molecule has 2 heterocycles. The van der Waals surface area contributed by atoms with Crippen LogP contribution in [0.2, 0.25) is 0 Å². The average Bonchev–Trinajstić information content (AvgIpc) is 2.72. The average molecular weight is 429 g/mol. The summed E-state index contributed by atoms with van der Waals surface area (Å²) in [5, 5.41) is 0.834. The summed E-state index contributed by atoms with van der Waals surface area (Å²) in [5.41, 5.74) is 1.41. The van der Waals surface area contributed by atoms with Crippen LogP contribution in [0.5, 0.6) is 0 Å². The van der Waals surface area contributed by atoms with E-state index in [9.17, 15) is 13.2 Å². The first-order chi connectivity index (χ1) is 14.2. The molecule has 1 amide bonds. The van der Waals surface area contributed by atoms with Gasteiger partial charge in [-0.1, -0.05) is 12.2 Å². The third-order valence-electron chi connectivity index (χ3n) is 5.41. The van der Waals surface area contributed by atoms with Crippen molar-refractivity contribution in [3.63, 3.8) is 0 Å². The van der Waals surface area contributed by atoms with Crippen LogP contribution in [-0.2, 0) is 14.6 Å². The third kappa shape index (κ3) is 4.70. The molecule has 30 heavy (non-hydrogen) atoms. The van der Waals surface area contributed by atoms with Crippen molar-refractivity contribution in [3.05, 3.63) is 49.2 Å². The fraction of sp³-hybridized carbons (Fsp3) is 0.409. The Morgan fingerprint density at radius 1 is 1.20 bits per heavy atom. The number of sulfone groups is 1. The van der Waals surface area contributed by atoms with Crippen LogP contribution in [-0.4, -0.2) is 61.6 Å². The van der Waals surface area contributed by atoms with E-state index in [2.05, 4.69) is 28.0 Å². The quantitative estimate of drug-likeness (QED) is 0.631. The molecule has 0 N–H and O–H groups in total. The molecule has 0 radical (unpaired) electrons. The molecule has 1 aliphatic rings. The molecule has 0 atom stereocenters. The van der Waals surface area contributed by atoms with Gasteiger partial charge >= 0.3 is 0 Å². The van der Waals surface area contributed by atoms with Gasteiger partial charge in [0.15, 0.2) is 9.84 Å². The SMILES string of the molecule is C=CCN(CC=C)C(=O)C1CCN(c2nc(C)c3ccc(S(C)(=O)=O)cc3n2)CC1. The Morgan fingerprint density at radius 3 is 2.40 bits per heavy atom. The molecular weight excluding hydrogens is 400 g/mol. The van der Waals surface area contributed by atoms with E-state index in [-0.39, 0.29) is 16.7 Å². The Balaban J connectivity index is 1.78. The van der Waals surface area contributed by atoms with Gasteiger partial charge in [0.2, 0.25) is 11.9 Å². The minimum Gasteiger partial charge on any atom is -0.341 e. The highest BCUT2D eigenvalue weighted by Gasteiger charge is 2.29. The van der Waals surface area contributed by atoms with Crippen molar-refractivity contribution >= 4 is 32.6 Å². The zero-order valence-corrected chi connectivity index (χ0v) is 18.4. The smallest absolute Gasteiger partial charge is 0.226 e. The second-order valence-electron chi connectivity index (χ2n) is 7.64. The van der Waals surface area contributed by atoms with Crippen LogP contribution in [0.15, 0.2) is 48.4 Å². The number of aromatic nitrogens is 2. The first-order valence-corrected chi connectivity index (χ1v) is 11.9. The fourth-order valence-corrected chi connectivity index (χ4v) is 4.42. The number of anilines is 1. The first-order valence-electron chi connectivity index (χ1n) is 9.98. The van der Waals surface area contributed by atoms with Crippen molar-refractivity contribution in [2.45, 2.75) is 24.7 Å². The van der Waals surface area contributed by atoms with E-state index in [0.717, 1.165) is 11.1 Å². The molecule has 1 fully saturated rings. The van der Waals surface area contributed by atoms with Gasteiger partial charge in [0.1, 0.15) is 0 Å². The molecule has 3 rings (SSSR count). The normalized spacial score (nSPS) is 15.2. The van der Waals surface area contributed by atoms with E-state index < -0.39 is 9.84 Å². The van der Waals surface area contributed by atoms with Crippen molar-refractivity contribution in [1.82, 2.24) is 14.9 Å². The van der Waals surface area contributed by atoms with Gasteiger partial charge in [-0.2, -0.15) is 0 Å². The number of rotatable bonds is 7. The van der Waals surface area contributed by atoms with E-state index in [1.54, 1.807) is 35.3 Å². The number of fused-ring (bicyclic) bond motifs is 1. The molecule has 1 aliphatic heterocycles. The second-order valence-corrected chi connectivity index (χ2v) is 9.66. The number of nitrogens with zero attached hydrogens (tertiary/aromatic N) is 4. The van der Waals surface area contributed by atoms with Gasteiger partial charge in [0.25, 0.3) is 0 Å². The van der Waals surface area contributed by atoms with Gasteiger partial charge in [-0.15, -0.1) is 13.2 Å². The van der Waals surface area contributed by atoms with Crippen LogP contribution < -0.4 is 4.90 Å². The van der Waals surface area contributed by atoms with Crippen molar-refractivity contribution in [2.75, 3.05) is 37.3 Å². The largest absolute Gasteiger partial charge is 0.341 e. The summed E-state index contributed by atoms with van der Waals surface area (Å²) < 4.78 is 23.8. The Kier molecular flexibility index (Phi) is 6.55. The summed E-state index contributed by atoms with van der Waals surface area (Å²) in [5.74, 6) is 0.660. The van der Waals surface area contributed by atoms with Crippen molar-refractivity contribution in [2.24, 2.45) is 5.92 Å². The molecule has 1 aromatic carbocycles. The van der Waals surface area contributed by atoms with Gasteiger partial charge in [-0.25, -0.2) is 18.4 Å². The summed E-state index contributed by atoms with van der Waals surface area (Å²) in [6.07, 6.45) is 6.08. The highest BCUT2D eigenvalue weighted by atomic mass is 32.2. The number of piperidine rings is 1. The van der Waals surface area contributed by atoms with E-state index >= 15 is 0 Å². The number of amides is 1. The van der Waals surface area contributed by atoms with Gasteiger partial charge in [0.05, 0.1) is 16.1 Å². The number of aryl methyl sites for hydroxylation is 1. The second kappa shape index (κ2) is 8.95. The number of hydrogen-bond donors (Lipinski definition) is 0. The number of benzene rings is 1. The monoisotopic (exact) mass is 428 g/mol. The predicted octanol–water partition coefficient (Wildman–Crippen LogP) is 2.76. The Morgan fingerprint density at radius 2 is 1.83 bits per heavy atom. The summed E-state index contributed by atoms with van der Waals surface area (Å²) >= 11 is 0. The molecule has 0 unspecified atom stereocenters. The summed E-state index contributed by atoms with van der Waals surface area (Å²) in [4.78, 5) is 26.1. The third-order valence-corrected chi connectivity index (χ3v) is 6.52. The van der Waals surface area contributed by atoms with Crippen LogP contribution in [0.1, 0.15) is 18.5 Å². The molecule has 1 aromatic heterocycles. The first kappa shape index (κ1) is 22.0. The maximum Gasteiger partial charge on any atom is 0.226 e. The van der Waals surface area contributed by atoms with E-state index in [0.29, 0.717) is 50.5 Å². The minimum atomic E-state index is -3.31. The standard InChI is InChI=1S/C22H28N4O3S/c1-5-11-25(12-6-2)21(27)17-9-13-26(14-10-17)22-23-16(3)19-8-7-18(30(4,28)29)15-20(19)24-22/h5-8,15,17H,1-2,9-14H2,3-4H3.